The summed E-state index contributed by atoms with van der Waals surface area (Å²) in [6, 6.07) is 8.20. The van der Waals surface area contributed by atoms with Gasteiger partial charge in [-0.1, -0.05) is 17.7 Å². The quantitative estimate of drug-likeness (QED) is 0.221. The molecule has 2 aromatic carbocycles. The monoisotopic (exact) mass is 622 g/mol. The number of carbonyl (C=O) groups is 2. The molecule has 2 N–H and O–H groups in total. The van der Waals surface area contributed by atoms with Gasteiger partial charge in [0.2, 0.25) is 5.91 Å². The molecule has 1 aliphatic carbocycles. The second kappa shape index (κ2) is 13.5. The summed E-state index contributed by atoms with van der Waals surface area (Å²) in [6.07, 6.45) is 9.79. The molecule has 12 heteroatoms. The van der Waals surface area contributed by atoms with Crippen molar-refractivity contribution in [2.24, 2.45) is 5.92 Å². The summed E-state index contributed by atoms with van der Waals surface area (Å²) in [5.41, 5.74) is 1.70. The zero-order valence-corrected chi connectivity index (χ0v) is 25.4. The number of carbonyl (C=O) groups excluding carboxylic acids is 2. The van der Waals surface area contributed by atoms with E-state index in [1.807, 2.05) is 6.08 Å². The van der Waals surface area contributed by atoms with Crippen molar-refractivity contribution >= 4 is 51.6 Å². The molecule has 2 aliphatic heterocycles. The van der Waals surface area contributed by atoms with E-state index in [1.54, 1.807) is 18.2 Å². The van der Waals surface area contributed by atoms with Gasteiger partial charge in [-0.25, -0.2) is 14.4 Å². The lowest BCUT2D eigenvalue weighted by Crippen LogP contribution is -2.48. The van der Waals surface area contributed by atoms with E-state index in [1.165, 1.54) is 24.5 Å². The summed E-state index contributed by atoms with van der Waals surface area (Å²) in [4.78, 5) is 38.2. The number of ether oxygens (including phenoxy) is 2. The number of hydrogen-bond donors (Lipinski definition) is 2. The third-order valence-corrected chi connectivity index (χ3v) is 8.77. The van der Waals surface area contributed by atoms with Crippen LogP contribution in [0.25, 0.3) is 10.9 Å². The van der Waals surface area contributed by atoms with Gasteiger partial charge in [-0.2, -0.15) is 0 Å². The number of aromatic nitrogens is 2. The number of rotatable bonds is 11. The van der Waals surface area contributed by atoms with Crippen LogP contribution in [0.15, 0.2) is 48.8 Å². The topological polar surface area (TPSA) is 109 Å². The number of fused-ring (bicyclic) bond motifs is 1. The van der Waals surface area contributed by atoms with Crippen molar-refractivity contribution in [3.05, 3.63) is 59.7 Å². The Labute approximate surface area is 260 Å². The van der Waals surface area contributed by atoms with Crippen LogP contribution in [-0.4, -0.2) is 83.6 Å². The highest BCUT2D eigenvalue weighted by atomic mass is 35.5. The van der Waals surface area contributed by atoms with Crippen LogP contribution in [0.4, 0.5) is 21.6 Å². The minimum absolute atomic E-state index is 0.00404. The van der Waals surface area contributed by atoms with Crippen molar-refractivity contribution in [3.63, 3.8) is 0 Å². The fraction of sp³-hybridized carbons (Fsp3) is 0.438. The van der Waals surface area contributed by atoms with Crippen LogP contribution in [0.2, 0.25) is 5.02 Å². The van der Waals surface area contributed by atoms with Gasteiger partial charge in [0.05, 0.1) is 29.4 Å². The second-order valence-electron chi connectivity index (χ2n) is 11.7. The minimum atomic E-state index is -0.510. The van der Waals surface area contributed by atoms with Gasteiger partial charge >= 0.3 is 5.97 Å². The molecule has 44 heavy (non-hydrogen) atoms. The van der Waals surface area contributed by atoms with Gasteiger partial charge < -0.3 is 20.1 Å². The van der Waals surface area contributed by atoms with E-state index < -0.39 is 5.82 Å². The first-order valence-corrected chi connectivity index (χ1v) is 15.4. The number of piperidine rings is 1. The van der Waals surface area contributed by atoms with Crippen molar-refractivity contribution in [2.45, 2.75) is 44.2 Å². The predicted octanol–water partition coefficient (Wildman–Crippen LogP) is 5.16. The van der Waals surface area contributed by atoms with Crippen molar-refractivity contribution in [2.75, 3.05) is 50.5 Å². The zero-order chi connectivity index (χ0) is 30.6. The lowest BCUT2D eigenvalue weighted by atomic mass is 10.0. The van der Waals surface area contributed by atoms with Gasteiger partial charge in [0.25, 0.3) is 0 Å². The molecule has 3 fully saturated rings. The number of anilines is 3. The van der Waals surface area contributed by atoms with Crippen molar-refractivity contribution in [1.29, 1.82) is 0 Å². The average Bonchev–Trinajstić information content (AvgIpc) is 3.75. The number of halogens is 2. The lowest BCUT2D eigenvalue weighted by Gasteiger charge is -2.37. The molecule has 0 spiro atoms. The van der Waals surface area contributed by atoms with Gasteiger partial charge in [0.15, 0.2) is 0 Å². The fourth-order valence-corrected chi connectivity index (χ4v) is 5.89. The average molecular weight is 623 g/mol. The largest absolute Gasteiger partial charge is 0.491 e. The molecule has 3 aliphatic rings. The highest BCUT2D eigenvalue weighted by Gasteiger charge is 2.35. The summed E-state index contributed by atoms with van der Waals surface area (Å²) >= 11 is 5.97. The maximum Gasteiger partial charge on any atom is 0.323 e. The molecule has 1 saturated carbocycles. The van der Waals surface area contributed by atoms with Crippen LogP contribution in [-0.2, 0) is 14.3 Å². The molecule has 1 atom stereocenters. The molecule has 1 unspecified atom stereocenters. The smallest absolute Gasteiger partial charge is 0.323 e. The Morgan fingerprint density at radius 2 is 2.00 bits per heavy atom. The molecule has 6 rings (SSSR count). The van der Waals surface area contributed by atoms with Crippen LogP contribution >= 0.6 is 11.6 Å². The molecular formula is C32H36ClFN6O4. The summed E-state index contributed by atoms with van der Waals surface area (Å²) in [6.45, 7) is 3.42. The lowest BCUT2D eigenvalue weighted by molar-refractivity contribution is -0.142. The first kappa shape index (κ1) is 30.2. The number of benzene rings is 2. The number of nitrogens with zero attached hydrogens (tertiary/aromatic N) is 4. The maximum atomic E-state index is 13.7. The van der Waals surface area contributed by atoms with Crippen molar-refractivity contribution in [1.82, 2.24) is 19.8 Å². The van der Waals surface area contributed by atoms with Crippen LogP contribution in [0.3, 0.4) is 0 Å². The van der Waals surface area contributed by atoms with Gasteiger partial charge in [0, 0.05) is 55.3 Å². The maximum absolute atomic E-state index is 13.7. The number of cyclic esters (lactones) is 1. The molecule has 2 saturated heterocycles. The third-order valence-electron chi connectivity index (χ3n) is 8.48. The Bertz CT molecular complexity index is 1560. The molecule has 3 heterocycles. The molecule has 1 aromatic heterocycles. The van der Waals surface area contributed by atoms with Crippen molar-refractivity contribution in [3.8, 4) is 5.75 Å². The highest BCUT2D eigenvalue weighted by Crippen LogP contribution is 2.36. The Hall–Kier alpha value is -3.80. The Kier molecular flexibility index (Phi) is 9.25. The van der Waals surface area contributed by atoms with Crippen LogP contribution in [0.5, 0.6) is 5.75 Å². The Morgan fingerprint density at radius 3 is 2.73 bits per heavy atom. The van der Waals surface area contributed by atoms with E-state index in [0.717, 1.165) is 45.2 Å². The normalized spacial score (nSPS) is 19.5. The first-order valence-electron chi connectivity index (χ1n) is 15.1. The van der Waals surface area contributed by atoms with E-state index >= 15 is 0 Å². The number of hydrogen-bond acceptors (Lipinski definition) is 9. The molecule has 0 radical (unpaired) electrons. The molecule has 10 nitrogen and oxygen atoms in total. The summed E-state index contributed by atoms with van der Waals surface area (Å²) in [5.74, 6) is 0.653. The SMILES string of the molecule is CN(CC=CC(=O)Nc1cc2c(Nc3ccc(F)c(Cl)c3)ncnc2cc1OCC1CC1)C1CCN(C2CCOC2=O)CC1. The molecule has 3 aromatic rings. The molecule has 0 bridgehead atoms. The summed E-state index contributed by atoms with van der Waals surface area (Å²) in [7, 11) is 2.06. The van der Waals surface area contributed by atoms with E-state index in [4.69, 9.17) is 21.1 Å². The van der Waals surface area contributed by atoms with Crippen molar-refractivity contribution < 1.29 is 23.5 Å². The van der Waals surface area contributed by atoms with Gasteiger partial charge in [0.1, 0.15) is 29.8 Å². The fourth-order valence-electron chi connectivity index (χ4n) is 5.71. The van der Waals surface area contributed by atoms with E-state index in [2.05, 4.69) is 37.4 Å². The standard InChI is InChI=1S/C32H36ClFN6O4/c1-39(22-8-12-40(13-9-22)28-10-14-43-32(28)42)11-2-3-30(41)38-27-16-23-26(17-29(27)44-18-20-4-5-20)35-19-36-31(23)37-21-6-7-25(34)24(33)15-21/h2-3,6-7,15-17,19-20,22,28H,4-5,8-14,18H2,1H3,(H,38,41)(H,35,36,37). The summed E-state index contributed by atoms with van der Waals surface area (Å²) in [5, 5.41) is 6.80. The van der Waals surface area contributed by atoms with Gasteiger partial charge in [-0.15, -0.1) is 0 Å². The van der Waals surface area contributed by atoms with Crippen LogP contribution < -0.4 is 15.4 Å². The summed E-state index contributed by atoms with van der Waals surface area (Å²) < 4.78 is 24.9. The van der Waals surface area contributed by atoms with Crippen LogP contribution in [0.1, 0.15) is 32.1 Å². The molecule has 1 amide bonds. The van der Waals surface area contributed by atoms with Gasteiger partial charge in [-0.3, -0.25) is 19.4 Å². The van der Waals surface area contributed by atoms with E-state index in [-0.39, 0.29) is 22.9 Å². The number of amides is 1. The van der Waals surface area contributed by atoms with E-state index in [0.29, 0.717) is 65.6 Å². The Morgan fingerprint density at radius 1 is 1.18 bits per heavy atom. The third kappa shape index (κ3) is 7.28. The minimum Gasteiger partial charge on any atom is -0.491 e. The predicted molar refractivity (Wildman–Crippen MR) is 167 cm³/mol. The second-order valence-corrected chi connectivity index (χ2v) is 12.1. The molecule has 232 valence electrons. The van der Waals surface area contributed by atoms with E-state index in [9.17, 15) is 14.0 Å². The Balaban J connectivity index is 1.11. The van der Waals surface area contributed by atoms with Gasteiger partial charge in [-0.05, 0) is 62.9 Å². The zero-order valence-electron chi connectivity index (χ0n) is 24.6. The number of likely N-dealkylation sites (tertiary alicyclic amines) is 1. The molecular weight excluding hydrogens is 587 g/mol. The number of likely N-dealkylation sites (N-methyl/N-ethyl adjacent to an activating group) is 1. The number of nitrogens with one attached hydrogen (secondary N) is 2. The highest BCUT2D eigenvalue weighted by molar-refractivity contribution is 6.31. The first-order chi connectivity index (χ1) is 21.3. The number of esters is 1. The van der Waals surface area contributed by atoms with Crippen LogP contribution in [0, 0.1) is 11.7 Å².